The highest BCUT2D eigenvalue weighted by Gasteiger charge is 2.43. The highest BCUT2D eigenvalue weighted by Crippen LogP contribution is 2.30. The molecule has 0 radical (unpaired) electrons. The molecule has 1 N–H and O–H groups in total. The van der Waals surface area contributed by atoms with Crippen LogP contribution in [-0.4, -0.2) is 54.3 Å². The van der Waals surface area contributed by atoms with Crippen molar-refractivity contribution < 1.29 is 24.2 Å². The second-order valence-corrected chi connectivity index (χ2v) is 5.57. The fourth-order valence-corrected chi connectivity index (χ4v) is 2.42. The number of carboxylic acid groups (broad SMARTS) is 1. The van der Waals surface area contributed by atoms with Crippen LogP contribution in [0.15, 0.2) is 18.2 Å². The van der Waals surface area contributed by atoms with Gasteiger partial charge >= 0.3 is 5.97 Å². The first-order valence-corrected chi connectivity index (χ1v) is 6.71. The third kappa shape index (κ3) is 3.46. The summed E-state index contributed by atoms with van der Waals surface area (Å²) in [5.41, 5.74) is -0.245. The van der Waals surface area contributed by atoms with Crippen LogP contribution in [0.5, 0.6) is 5.75 Å². The number of methoxy groups -OCH3 is 1. The lowest BCUT2D eigenvalue weighted by molar-refractivity contribution is -0.159. The molecule has 1 fully saturated rings. The predicted molar refractivity (Wildman–Crippen MR) is 75.9 cm³/mol. The van der Waals surface area contributed by atoms with Gasteiger partial charge in [0.25, 0.3) is 5.91 Å². The number of rotatable bonds is 5. The van der Waals surface area contributed by atoms with Gasteiger partial charge in [-0.05, 0) is 25.1 Å². The Morgan fingerprint density at radius 3 is 2.67 bits per heavy atom. The minimum Gasteiger partial charge on any atom is -0.496 e. The maximum Gasteiger partial charge on any atom is 0.329 e. The lowest BCUT2D eigenvalue weighted by Gasteiger charge is -2.47. The molecule has 0 spiro atoms. The zero-order chi connectivity index (χ0) is 15.6. The molecule has 0 unspecified atom stereocenters. The maximum absolute atomic E-state index is 12.4. The Morgan fingerprint density at radius 2 is 2.10 bits per heavy atom. The Balaban J connectivity index is 2.04. The summed E-state index contributed by atoms with van der Waals surface area (Å²) in [5.74, 6) is -0.798. The van der Waals surface area contributed by atoms with E-state index in [-0.39, 0.29) is 12.5 Å². The summed E-state index contributed by atoms with van der Waals surface area (Å²) >= 11 is 5.91. The van der Waals surface area contributed by atoms with E-state index in [1.54, 1.807) is 30.0 Å². The number of likely N-dealkylation sites (tertiary alicyclic amines) is 1. The van der Waals surface area contributed by atoms with Crippen LogP contribution in [0.2, 0.25) is 5.02 Å². The number of hydrogen-bond acceptors (Lipinski definition) is 4. The molecule has 6 nitrogen and oxygen atoms in total. The molecule has 0 aliphatic carbocycles. The van der Waals surface area contributed by atoms with Crippen LogP contribution in [0.4, 0.5) is 0 Å². The van der Waals surface area contributed by atoms with Crippen LogP contribution in [0.25, 0.3) is 0 Å². The van der Waals surface area contributed by atoms with E-state index in [1.165, 1.54) is 7.11 Å². The first-order chi connectivity index (χ1) is 9.84. The van der Waals surface area contributed by atoms with E-state index in [0.717, 1.165) is 0 Å². The Hall–Kier alpha value is -1.79. The molecule has 0 atom stereocenters. The fraction of sp³-hybridized carbons (Fsp3) is 0.429. The Labute approximate surface area is 127 Å². The van der Waals surface area contributed by atoms with Gasteiger partial charge in [-0.25, -0.2) is 4.79 Å². The highest BCUT2D eigenvalue weighted by molar-refractivity contribution is 6.31. The molecule has 0 aromatic heterocycles. The number of ether oxygens (including phenoxy) is 2. The van der Waals surface area contributed by atoms with E-state index in [4.69, 9.17) is 26.2 Å². The van der Waals surface area contributed by atoms with E-state index in [0.29, 0.717) is 29.4 Å². The van der Waals surface area contributed by atoms with Crippen LogP contribution in [0, 0.1) is 0 Å². The lowest BCUT2D eigenvalue weighted by Crippen LogP contribution is -2.63. The van der Waals surface area contributed by atoms with Crippen molar-refractivity contribution in [2.75, 3.05) is 26.8 Å². The van der Waals surface area contributed by atoms with Gasteiger partial charge in [-0.2, -0.15) is 0 Å². The molecule has 21 heavy (non-hydrogen) atoms. The molecule has 1 saturated heterocycles. The van der Waals surface area contributed by atoms with E-state index in [2.05, 4.69) is 0 Å². The molecule has 1 aliphatic heterocycles. The van der Waals surface area contributed by atoms with Crippen molar-refractivity contribution in [3.63, 3.8) is 0 Å². The SMILES string of the molecule is COc1ccc(Cl)cc1C(=O)N1CC(C)(OCC(=O)O)C1. The number of amides is 1. The number of benzene rings is 1. The molecule has 7 heteroatoms. The summed E-state index contributed by atoms with van der Waals surface area (Å²) in [5, 5.41) is 9.06. The summed E-state index contributed by atoms with van der Waals surface area (Å²) < 4.78 is 10.4. The summed E-state index contributed by atoms with van der Waals surface area (Å²) in [4.78, 5) is 24.5. The number of hydrogen-bond donors (Lipinski definition) is 1. The molecule has 1 aliphatic rings. The minimum atomic E-state index is -1.03. The average molecular weight is 314 g/mol. The molecule has 1 aromatic carbocycles. The van der Waals surface area contributed by atoms with Gasteiger partial charge in [0.05, 0.1) is 25.8 Å². The van der Waals surface area contributed by atoms with Crippen molar-refractivity contribution in [1.29, 1.82) is 0 Å². The number of carbonyl (C=O) groups excluding carboxylic acids is 1. The average Bonchev–Trinajstić information content (AvgIpc) is 2.41. The second-order valence-electron chi connectivity index (χ2n) is 5.14. The monoisotopic (exact) mass is 313 g/mol. The van der Waals surface area contributed by atoms with Gasteiger partial charge in [-0.3, -0.25) is 4.79 Å². The summed E-state index contributed by atoms with van der Waals surface area (Å²) in [6.45, 7) is 2.05. The van der Waals surface area contributed by atoms with E-state index in [1.807, 2.05) is 0 Å². The van der Waals surface area contributed by atoms with Crippen LogP contribution >= 0.6 is 11.6 Å². The van der Waals surface area contributed by atoms with Gasteiger partial charge in [0.2, 0.25) is 0 Å². The van der Waals surface area contributed by atoms with Crippen LogP contribution in [0.3, 0.4) is 0 Å². The van der Waals surface area contributed by atoms with Gasteiger partial charge in [0.15, 0.2) is 0 Å². The Bertz CT molecular complexity index is 568. The smallest absolute Gasteiger partial charge is 0.329 e. The molecule has 114 valence electrons. The minimum absolute atomic E-state index is 0.217. The number of carbonyl (C=O) groups is 2. The maximum atomic E-state index is 12.4. The van der Waals surface area contributed by atoms with Crippen LogP contribution < -0.4 is 4.74 Å². The number of aliphatic carboxylic acids is 1. The first-order valence-electron chi connectivity index (χ1n) is 6.33. The molecular formula is C14H16ClNO5. The van der Waals surface area contributed by atoms with Gasteiger partial charge in [0, 0.05) is 5.02 Å². The molecule has 1 amide bonds. The highest BCUT2D eigenvalue weighted by atomic mass is 35.5. The molecule has 1 heterocycles. The van der Waals surface area contributed by atoms with Gasteiger partial charge in [0.1, 0.15) is 18.0 Å². The second kappa shape index (κ2) is 5.91. The first kappa shape index (κ1) is 15.6. The number of halogens is 1. The molecule has 1 aromatic rings. The van der Waals surface area contributed by atoms with Crippen LogP contribution in [-0.2, 0) is 9.53 Å². The third-order valence-electron chi connectivity index (χ3n) is 3.27. The van der Waals surface area contributed by atoms with E-state index in [9.17, 15) is 9.59 Å². The zero-order valence-corrected chi connectivity index (χ0v) is 12.5. The van der Waals surface area contributed by atoms with E-state index >= 15 is 0 Å². The fourth-order valence-electron chi connectivity index (χ4n) is 2.25. The summed E-state index contributed by atoms with van der Waals surface area (Å²) in [7, 11) is 1.48. The van der Waals surface area contributed by atoms with Gasteiger partial charge in [-0.1, -0.05) is 11.6 Å². The number of nitrogens with zero attached hydrogens (tertiary/aromatic N) is 1. The topological polar surface area (TPSA) is 76.1 Å². The Morgan fingerprint density at radius 1 is 1.43 bits per heavy atom. The van der Waals surface area contributed by atoms with Gasteiger partial charge < -0.3 is 19.5 Å². The van der Waals surface area contributed by atoms with Crippen molar-refractivity contribution in [1.82, 2.24) is 4.90 Å². The summed E-state index contributed by atoms with van der Waals surface area (Å²) in [6.07, 6.45) is 0. The third-order valence-corrected chi connectivity index (χ3v) is 3.51. The molecule has 0 bridgehead atoms. The van der Waals surface area contributed by atoms with Crippen molar-refractivity contribution in [3.8, 4) is 5.75 Å². The quantitative estimate of drug-likeness (QED) is 0.894. The van der Waals surface area contributed by atoms with E-state index < -0.39 is 11.6 Å². The normalized spacial score (nSPS) is 16.2. The zero-order valence-electron chi connectivity index (χ0n) is 11.8. The van der Waals surface area contributed by atoms with Crippen molar-refractivity contribution in [2.45, 2.75) is 12.5 Å². The lowest BCUT2D eigenvalue weighted by atomic mass is 9.95. The molecule has 2 rings (SSSR count). The summed E-state index contributed by atoms with van der Waals surface area (Å²) in [6, 6.07) is 4.83. The Kier molecular flexibility index (Phi) is 4.39. The van der Waals surface area contributed by atoms with Crippen LogP contribution in [0.1, 0.15) is 17.3 Å². The van der Waals surface area contributed by atoms with Crippen molar-refractivity contribution in [2.24, 2.45) is 0 Å². The largest absolute Gasteiger partial charge is 0.496 e. The standard InChI is InChI=1S/C14H16ClNO5/c1-14(21-6-12(17)18)7-16(8-14)13(19)10-5-9(15)3-4-11(10)20-2/h3-5H,6-8H2,1-2H3,(H,17,18). The molecule has 0 saturated carbocycles. The van der Waals surface area contributed by atoms with Crippen molar-refractivity contribution >= 4 is 23.5 Å². The van der Waals surface area contributed by atoms with Gasteiger partial charge in [-0.15, -0.1) is 0 Å². The molecular weight excluding hydrogens is 298 g/mol. The van der Waals surface area contributed by atoms with Crippen molar-refractivity contribution in [3.05, 3.63) is 28.8 Å². The predicted octanol–water partition coefficient (Wildman–Crippen LogP) is 1.66. The number of carboxylic acids is 1.